The second-order valence-electron chi connectivity index (χ2n) is 5.78. The van der Waals surface area contributed by atoms with E-state index in [1.165, 1.54) is 11.6 Å². The number of carbonyl (C=O) groups excluding carboxylic acids is 1. The third-order valence-electron chi connectivity index (χ3n) is 3.87. The number of hydrogen-bond donors (Lipinski definition) is 1. The van der Waals surface area contributed by atoms with Crippen LogP contribution in [0.15, 0.2) is 63.8 Å². The first-order valence-electron chi connectivity index (χ1n) is 8.10. The molecule has 2 aromatic carbocycles. The highest BCUT2D eigenvalue weighted by Gasteiger charge is 2.06. The van der Waals surface area contributed by atoms with E-state index in [9.17, 15) is 9.59 Å². The Kier molecular flexibility index (Phi) is 5.14. The zero-order valence-electron chi connectivity index (χ0n) is 14.0. The van der Waals surface area contributed by atoms with Crippen LogP contribution in [-0.2, 0) is 11.2 Å². The fourth-order valence-electron chi connectivity index (χ4n) is 2.59. The summed E-state index contributed by atoms with van der Waals surface area (Å²) in [5.41, 5.74) is 2.06. The van der Waals surface area contributed by atoms with Gasteiger partial charge in [0.1, 0.15) is 11.3 Å². The first kappa shape index (κ1) is 16.8. The Bertz CT molecular complexity index is 931. The molecule has 0 atom stereocenters. The van der Waals surface area contributed by atoms with Crippen molar-refractivity contribution >= 4 is 16.9 Å². The minimum Gasteiger partial charge on any atom is -0.484 e. The molecule has 1 N–H and O–H groups in total. The van der Waals surface area contributed by atoms with Crippen LogP contribution >= 0.6 is 0 Å². The van der Waals surface area contributed by atoms with Crippen LogP contribution in [-0.4, -0.2) is 19.1 Å². The molecule has 0 unspecified atom stereocenters. The first-order chi connectivity index (χ1) is 12.1. The summed E-state index contributed by atoms with van der Waals surface area (Å²) in [4.78, 5) is 23.3. The van der Waals surface area contributed by atoms with Crippen LogP contribution in [0.5, 0.6) is 5.75 Å². The van der Waals surface area contributed by atoms with E-state index >= 15 is 0 Å². The van der Waals surface area contributed by atoms with Gasteiger partial charge in [0.2, 0.25) is 0 Å². The van der Waals surface area contributed by atoms with Gasteiger partial charge in [-0.05, 0) is 36.6 Å². The minimum atomic E-state index is -0.402. The lowest BCUT2D eigenvalue weighted by molar-refractivity contribution is -0.123. The summed E-state index contributed by atoms with van der Waals surface area (Å²) in [6, 6.07) is 16.6. The molecular weight excluding hydrogens is 318 g/mol. The number of ether oxygens (including phenoxy) is 1. The topological polar surface area (TPSA) is 68.5 Å². The highest BCUT2D eigenvalue weighted by molar-refractivity contribution is 5.81. The number of rotatable bonds is 6. The van der Waals surface area contributed by atoms with Gasteiger partial charge in [0.25, 0.3) is 5.91 Å². The lowest BCUT2D eigenvalue weighted by Crippen LogP contribution is -2.30. The Labute approximate surface area is 145 Å². The van der Waals surface area contributed by atoms with Crippen molar-refractivity contribution in [1.29, 1.82) is 0 Å². The van der Waals surface area contributed by atoms with Crippen LogP contribution in [0, 0.1) is 6.92 Å². The molecule has 25 heavy (non-hydrogen) atoms. The molecule has 0 spiro atoms. The molecule has 5 nitrogen and oxygen atoms in total. The van der Waals surface area contributed by atoms with E-state index in [4.69, 9.17) is 9.15 Å². The number of nitrogens with one attached hydrogen (secondary N) is 1. The minimum absolute atomic E-state index is 0.0870. The highest BCUT2D eigenvalue weighted by atomic mass is 16.5. The molecule has 5 heteroatoms. The van der Waals surface area contributed by atoms with E-state index in [1.54, 1.807) is 12.1 Å². The largest absolute Gasteiger partial charge is 0.484 e. The van der Waals surface area contributed by atoms with E-state index in [0.29, 0.717) is 17.9 Å². The van der Waals surface area contributed by atoms with Crippen LogP contribution in [0.3, 0.4) is 0 Å². The molecule has 0 radical (unpaired) electrons. The summed E-state index contributed by atoms with van der Waals surface area (Å²) in [6.45, 7) is 2.31. The second-order valence-corrected chi connectivity index (χ2v) is 5.78. The average molecular weight is 337 g/mol. The molecule has 1 amide bonds. The van der Waals surface area contributed by atoms with E-state index < -0.39 is 5.63 Å². The van der Waals surface area contributed by atoms with Gasteiger partial charge in [0.05, 0.1) is 0 Å². The molecule has 1 aromatic heterocycles. The number of amides is 1. The van der Waals surface area contributed by atoms with Gasteiger partial charge in [-0.2, -0.15) is 0 Å². The van der Waals surface area contributed by atoms with Crippen molar-refractivity contribution in [3.05, 3.63) is 76.1 Å². The first-order valence-corrected chi connectivity index (χ1v) is 8.10. The Morgan fingerprint density at radius 1 is 1.12 bits per heavy atom. The summed E-state index contributed by atoms with van der Waals surface area (Å²) in [6.07, 6.45) is 0.771. The van der Waals surface area contributed by atoms with Gasteiger partial charge in [-0.3, -0.25) is 4.79 Å². The number of hydrogen-bond acceptors (Lipinski definition) is 4. The molecule has 3 rings (SSSR count). The Balaban J connectivity index is 1.53. The molecule has 0 bridgehead atoms. The maximum Gasteiger partial charge on any atom is 0.336 e. The smallest absolute Gasteiger partial charge is 0.336 e. The predicted molar refractivity (Wildman–Crippen MR) is 95.9 cm³/mol. The maximum absolute atomic E-state index is 11.9. The molecule has 0 fully saturated rings. The Hall–Kier alpha value is -3.08. The lowest BCUT2D eigenvalue weighted by atomic mass is 10.1. The Morgan fingerprint density at radius 2 is 1.92 bits per heavy atom. The lowest BCUT2D eigenvalue weighted by Gasteiger charge is -2.08. The van der Waals surface area contributed by atoms with Crippen LogP contribution in [0.25, 0.3) is 11.0 Å². The zero-order chi connectivity index (χ0) is 17.6. The van der Waals surface area contributed by atoms with Gasteiger partial charge in [-0.25, -0.2) is 4.79 Å². The summed E-state index contributed by atoms with van der Waals surface area (Å²) in [5, 5.41) is 3.67. The molecule has 1 heterocycles. The second kappa shape index (κ2) is 7.66. The van der Waals surface area contributed by atoms with E-state index in [2.05, 4.69) is 5.32 Å². The number of fused-ring (bicyclic) bond motifs is 1. The number of carbonyl (C=O) groups is 1. The van der Waals surface area contributed by atoms with Gasteiger partial charge >= 0.3 is 5.63 Å². The van der Waals surface area contributed by atoms with Crippen molar-refractivity contribution in [3.8, 4) is 5.75 Å². The van der Waals surface area contributed by atoms with Gasteiger partial charge < -0.3 is 14.5 Å². The van der Waals surface area contributed by atoms with E-state index in [1.807, 2.05) is 43.3 Å². The zero-order valence-corrected chi connectivity index (χ0v) is 14.0. The van der Waals surface area contributed by atoms with Crippen molar-refractivity contribution in [1.82, 2.24) is 5.32 Å². The van der Waals surface area contributed by atoms with Crippen molar-refractivity contribution in [2.45, 2.75) is 13.3 Å². The third-order valence-corrected chi connectivity index (χ3v) is 3.87. The average Bonchev–Trinajstić information content (AvgIpc) is 2.60. The van der Waals surface area contributed by atoms with Crippen LogP contribution in [0.4, 0.5) is 0 Å². The fourth-order valence-corrected chi connectivity index (χ4v) is 2.59. The van der Waals surface area contributed by atoms with Crippen LogP contribution < -0.4 is 15.7 Å². The maximum atomic E-state index is 11.9. The van der Waals surface area contributed by atoms with Crippen molar-refractivity contribution < 1.29 is 13.9 Å². The summed E-state index contributed by atoms with van der Waals surface area (Å²) >= 11 is 0. The van der Waals surface area contributed by atoms with E-state index in [0.717, 1.165) is 17.4 Å². The fraction of sp³-hybridized carbons (Fsp3) is 0.200. The summed E-state index contributed by atoms with van der Waals surface area (Å²) in [5.74, 6) is 0.293. The molecule has 0 aliphatic rings. The molecule has 0 aliphatic heterocycles. The van der Waals surface area contributed by atoms with Gasteiger partial charge in [0, 0.05) is 24.1 Å². The SMILES string of the molecule is Cc1cc(=O)oc2cc(OCC(=O)NCCc3ccccc3)ccc12. The summed E-state index contributed by atoms with van der Waals surface area (Å²) < 4.78 is 10.7. The molecule has 3 aromatic rings. The predicted octanol–water partition coefficient (Wildman–Crippen LogP) is 2.84. The van der Waals surface area contributed by atoms with Crippen molar-refractivity contribution in [2.24, 2.45) is 0 Å². The highest BCUT2D eigenvalue weighted by Crippen LogP contribution is 2.22. The normalized spacial score (nSPS) is 10.6. The molecular formula is C20H19NO4. The standard InChI is InChI=1S/C20H19NO4/c1-14-11-20(23)25-18-12-16(7-8-17(14)18)24-13-19(22)21-10-9-15-5-3-2-4-6-15/h2-8,11-12H,9-10,13H2,1H3,(H,21,22). The molecule has 0 saturated carbocycles. The Morgan fingerprint density at radius 3 is 2.72 bits per heavy atom. The number of aryl methyl sites for hydroxylation is 1. The van der Waals surface area contributed by atoms with E-state index in [-0.39, 0.29) is 12.5 Å². The van der Waals surface area contributed by atoms with Gasteiger partial charge in [-0.1, -0.05) is 30.3 Å². The van der Waals surface area contributed by atoms with Gasteiger partial charge in [0.15, 0.2) is 6.61 Å². The van der Waals surface area contributed by atoms with Crippen molar-refractivity contribution in [3.63, 3.8) is 0 Å². The van der Waals surface area contributed by atoms with Crippen LogP contribution in [0.1, 0.15) is 11.1 Å². The summed E-state index contributed by atoms with van der Waals surface area (Å²) in [7, 11) is 0. The van der Waals surface area contributed by atoms with Gasteiger partial charge in [-0.15, -0.1) is 0 Å². The number of benzene rings is 2. The quantitative estimate of drug-likeness (QED) is 0.702. The molecule has 0 saturated heterocycles. The van der Waals surface area contributed by atoms with Crippen LogP contribution in [0.2, 0.25) is 0 Å². The molecule has 128 valence electrons. The molecule has 0 aliphatic carbocycles. The van der Waals surface area contributed by atoms with Crippen molar-refractivity contribution in [2.75, 3.05) is 13.2 Å². The monoisotopic (exact) mass is 337 g/mol. The third kappa shape index (κ3) is 4.47.